The number of benzene rings is 10. The van der Waals surface area contributed by atoms with Gasteiger partial charge in [-0.1, -0.05) is 182 Å². The summed E-state index contributed by atoms with van der Waals surface area (Å²) in [5.41, 5.74) is 20.3. The van der Waals surface area contributed by atoms with Crippen LogP contribution in [0.15, 0.2) is 218 Å². The molecule has 1 spiro atoms. The average Bonchev–Trinajstić information content (AvgIpc) is 3.77. The van der Waals surface area contributed by atoms with Gasteiger partial charge >= 0.3 is 0 Å². The van der Waals surface area contributed by atoms with E-state index in [9.17, 15) is 0 Å². The van der Waals surface area contributed by atoms with Crippen molar-refractivity contribution in [2.75, 3.05) is 4.90 Å². The summed E-state index contributed by atoms with van der Waals surface area (Å²) in [5.74, 6) is 0.133. The van der Waals surface area contributed by atoms with Crippen molar-refractivity contribution in [3.8, 4) is 33.4 Å². The molecule has 0 amide bonds. The summed E-state index contributed by atoms with van der Waals surface area (Å²) in [6.45, 7) is 0. The zero-order valence-electron chi connectivity index (χ0n) is 32.3. The molecule has 59 heavy (non-hydrogen) atoms. The Morgan fingerprint density at radius 2 is 0.797 bits per heavy atom. The van der Waals surface area contributed by atoms with E-state index in [0.717, 1.165) is 17.1 Å². The Bertz CT molecular complexity index is 3280. The lowest BCUT2D eigenvalue weighted by atomic mass is 9.70. The molecule has 0 aromatic heterocycles. The molecule has 10 aromatic rings. The van der Waals surface area contributed by atoms with Gasteiger partial charge in [0.15, 0.2) is 0 Å². The highest BCUT2D eigenvalue weighted by Crippen LogP contribution is 2.63. The SMILES string of the molecule is c1ccc2c(c1)-c1cccc3cccc(c13)C2c1ccc(N(c2ccc3c(c2)C2(c4ccccc4-c4ccccc42)c2ccccc2-3)c2ccc3ccccc3c2)cc1. The minimum absolute atomic E-state index is 0.133. The van der Waals surface area contributed by atoms with Crippen LogP contribution in [0, 0.1) is 0 Å². The lowest BCUT2D eigenvalue weighted by Crippen LogP contribution is -2.26. The van der Waals surface area contributed by atoms with Gasteiger partial charge in [0.1, 0.15) is 0 Å². The van der Waals surface area contributed by atoms with E-state index >= 15 is 0 Å². The van der Waals surface area contributed by atoms with Crippen molar-refractivity contribution in [2.45, 2.75) is 11.3 Å². The molecule has 0 N–H and O–H groups in total. The fourth-order valence-electron chi connectivity index (χ4n) is 11.2. The Balaban J connectivity index is 1.02. The number of fused-ring (bicyclic) bond motifs is 13. The number of rotatable bonds is 4. The molecule has 274 valence electrons. The molecule has 1 unspecified atom stereocenters. The average molecular weight is 748 g/mol. The second kappa shape index (κ2) is 12.3. The predicted molar refractivity (Wildman–Crippen MR) is 245 cm³/mol. The molecule has 0 bridgehead atoms. The van der Waals surface area contributed by atoms with E-state index in [4.69, 9.17) is 0 Å². The summed E-state index contributed by atoms with van der Waals surface area (Å²) in [4.78, 5) is 2.46. The van der Waals surface area contributed by atoms with E-state index in [1.807, 2.05) is 0 Å². The van der Waals surface area contributed by atoms with Gasteiger partial charge < -0.3 is 4.90 Å². The molecule has 1 atom stereocenters. The third-order valence-corrected chi connectivity index (χ3v) is 13.5. The first-order valence-corrected chi connectivity index (χ1v) is 20.7. The number of nitrogens with zero attached hydrogens (tertiary/aromatic N) is 1. The van der Waals surface area contributed by atoms with Crippen molar-refractivity contribution in [3.63, 3.8) is 0 Å². The Morgan fingerprint density at radius 3 is 1.51 bits per heavy atom. The Kier molecular flexibility index (Phi) is 6.77. The summed E-state index contributed by atoms with van der Waals surface area (Å²) in [5, 5.41) is 5.12. The molecule has 1 heteroatoms. The molecule has 3 aliphatic carbocycles. The predicted octanol–water partition coefficient (Wildman–Crippen LogP) is 15.0. The lowest BCUT2D eigenvalue weighted by molar-refractivity contribution is 0.793. The first kappa shape index (κ1) is 32.6. The van der Waals surface area contributed by atoms with Gasteiger partial charge in [-0.05, 0) is 130 Å². The van der Waals surface area contributed by atoms with Crippen molar-refractivity contribution < 1.29 is 0 Å². The molecule has 0 saturated carbocycles. The Morgan fingerprint density at radius 1 is 0.305 bits per heavy atom. The molecule has 0 radical (unpaired) electrons. The van der Waals surface area contributed by atoms with Crippen LogP contribution in [0.25, 0.3) is 54.9 Å². The maximum atomic E-state index is 2.49. The van der Waals surface area contributed by atoms with E-state index in [1.165, 1.54) is 93.9 Å². The zero-order chi connectivity index (χ0) is 38.7. The van der Waals surface area contributed by atoms with Crippen LogP contribution in [0.2, 0.25) is 0 Å². The molecule has 10 aromatic carbocycles. The monoisotopic (exact) mass is 747 g/mol. The molecule has 3 aliphatic rings. The van der Waals surface area contributed by atoms with Gasteiger partial charge in [0.2, 0.25) is 0 Å². The van der Waals surface area contributed by atoms with E-state index in [2.05, 4.69) is 223 Å². The van der Waals surface area contributed by atoms with Crippen LogP contribution in [0.3, 0.4) is 0 Å². The molecular weight excluding hydrogens is 711 g/mol. The maximum absolute atomic E-state index is 2.49. The summed E-state index contributed by atoms with van der Waals surface area (Å²) >= 11 is 0. The fourth-order valence-corrected chi connectivity index (χ4v) is 11.2. The van der Waals surface area contributed by atoms with E-state index in [1.54, 1.807) is 0 Å². The van der Waals surface area contributed by atoms with Crippen LogP contribution in [-0.4, -0.2) is 0 Å². The maximum Gasteiger partial charge on any atom is 0.0726 e. The quantitative estimate of drug-likeness (QED) is 0.173. The third-order valence-electron chi connectivity index (χ3n) is 13.5. The van der Waals surface area contributed by atoms with Crippen molar-refractivity contribution in [1.29, 1.82) is 0 Å². The van der Waals surface area contributed by atoms with Crippen LogP contribution < -0.4 is 4.90 Å². The van der Waals surface area contributed by atoms with Gasteiger partial charge in [0, 0.05) is 23.0 Å². The Labute approximate surface area is 344 Å². The summed E-state index contributed by atoms with van der Waals surface area (Å²) in [7, 11) is 0. The normalized spacial score (nSPS) is 14.7. The van der Waals surface area contributed by atoms with Crippen LogP contribution >= 0.6 is 0 Å². The van der Waals surface area contributed by atoms with E-state index in [0.29, 0.717) is 0 Å². The van der Waals surface area contributed by atoms with Crippen molar-refractivity contribution in [1.82, 2.24) is 0 Å². The van der Waals surface area contributed by atoms with Crippen LogP contribution in [0.1, 0.15) is 44.9 Å². The lowest BCUT2D eigenvalue weighted by Gasteiger charge is -2.32. The fraction of sp³-hybridized carbons (Fsp3) is 0.0345. The zero-order valence-corrected chi connectivity index (χ0v) is 32.3. The van der Waals surface area contributed by atoms with Gasteiger partial charge in [0.25, 0.3) is 0 Å². The van der Waals surface area contributed by atoms with Crippen LogP contribution in [0.5, 0.6) is 0 Å². The van der Waals surface area contributed by atoms with Gasteiger partial charge in [-0.25, -0.2) is 0 Å². The van der Waals surface area contributed by atoms with Crippen molar-refractivity contribution in [2.24, 2.45) is 0 Å². The molecule has 0 heterocycles. The summed E-state index contributed by atoms with van der Waals surface area (Å²) in [6.07, 6.45) is 0. The van der Waals surface area contributed by atoms with E-state index in [-0.39, 0.29) is 5.92 Å². The summed E-state index contributed by atoms with van der Waals surface area (Å²) in [6, 6.07) is 81.9. The van der Waals surface area contributed by atoms with Crippen molar-refractivity contribution in [3.05, 3.63) is 257 Å². The molecule has 1 nitrogen and oxygen atoms in total. The van der Waals surface area contributed by atoms with Gasteiger partial charge in [-0.2, -0.15) is 0 Å². The van der Waals surface area contributed by atoms with Gasteiger partial charge in [-0.15, -0.1) is 0 Å². The molecule has 0 fully saturated rings. The second-order valence-corrected chi connectivity index (χ2v) is 16.3. The second-order valence-electron chi connectivity index (χ2n) is 16.3. The number of anilines is 3. The summed E-state index contributed by atoms with van der Waals surface area (Å²) < 4.78 is 0. The highest BCUT2D eigenvalue weighted by molar-refractivity contribution is 6.03. The van der Waals surface area contributed by atoms with E-state index < -0.39 is 5.41 Å². The molecular formula is C58H37N. The van der Waals surface area contributed by atoms with Crippen molar-refractivity contribution >= 4 is 38.6 Å². The number of hydrogen-bond acceptors (Lipinski definition) is 1. The van der Waals surface area contributed by atoms with Crippen LogP contribution in [-0.2, 0) is 5.41 Å². The highest BCUT2D eigenvalue weighted by atomic mass is 15.1. The van der Waals surface area contributed by atoms with Gasteiger partial charge in [-0.3, -0.25) is 0 Å². The minimum Gasteiger partial charge on any atom is -0.310 e. The molecule has 13 rings (SSSR count). The van der Waals surface area contributed by atoms with Gasteiger partial charge in [0.05, 0.1) is 5.41 Å². The number of hydrogen-bond donors (Lipinski definition) is 0. The Hall–Kier alpha value is -7.48. The molecule has 0 saturated heterocycles. The molecule has 0 aliphatic heterocycles. The smallest absolute Gasteiger partial charge is 0.0726 e. The largest absolute Gasteiger partial charge is 0.310 e. The topological polar surface area (TPSA) is 3.24 Å². The first-order chi connectivity index (χ1) is 29.3. The highest BCUT2D eigenvalue weighted by Gasteiger charge is 2.51. The van der Waals surface area contributed by atoms with Crippen LogP contribution in [0.4, 0.5) is 17.1 Å². The standard InChI is InChI=1S/C58H37N/c1-2-14-40-35-42(32-27-37(40)13-1)59(41-30-28-39(29-31-41)57-49-21-4-3-17-44(49)50-22-11-15-38-16-12-23-51(57)56(38)50)43-33-34-48-47-20-7-10-26-54(47)58(55(48)36-43)52-24-8-5-18-45(52)46-19-6-9-25-53(46)58/h1-36,57H. The minimum atomic E-state index is -0.417. The third kappa shape index (κ3) is 4.45. The first-order valence-electron chi connectivity index (χ1n) is 20.7.